The van der Waals surface area contributed by atoms with Crippen molar-refractivity contribution in [2.45, 2.75) is 130 Å². The normalized spacial score (nSPS) is 21.7. The van der Waals surface area contributed by atoms with Gasteiger partial charge in [0, 0.05) is 6.42 Å². The first-order chi connectivity index (χ1) is 12.5. The van der Waals surface area contributed by atoms with Gasteiger partial charge in [0.25, 0.3) is 0 Å². The molecule has 2 unspecified atom stereocenters. The predicted octanol–water partition coefficient (Wildman–Crippen LogP) is 7.14. The summed E-state index contributed by atoms with van der Waals surface area (Å²) >= 11 is 0. The van der Waals surface area contributed by atoms with Crippen molar-refractivity contribution < 1.29 is 9.90 Å². The number of hydrogen-bond acceptors (Lipinski definition) is 2. The number of aliphatic hydroxyl groups is 1. The number of aliphatic hydroxyl groups excluding tert-OH is 1. The zero-order valence-corrected chi connectivity index (χ0v) is 17.8. The largest absolute Gasteiger partial charge is 0.393 e. The second-order valence-corrected chi connectivity index (χ2v) is 8.94. The van der Waals surface area contributed by atoms with E-state index in [9.17, 15) is 9.90 Å². The minimum absolute atomic E-state index is 0.00847. The molecule has 0 saturated carbocycles. The van der Waals surface area contributed by atoms with Crippen molar-refractivity contribution in [2.24, 2.45) is 5.41 Å². The molecular formula is C24H44O2. The van der Waals surface area contributed by atoms with E-state index in [1.54, 1.807) is 0 Å². The molecule has 2 atom stereocenters. The number of unbranched alkanes of at least 4 members (excludes halogenated alkanes) is 11. The molecule has 0 heterocycles. The highest BCUT2D eigenvalue weighted by molar-refractivity contribution is 5.95. The van der Waals surface area contributed by atoms with Crippen LogP contribution in [0.2, 0.25) is 0 Å². The molecule has 0 radical (unpaired) electrons. The van der Waals surface area contributed by atoms with E-state index in [-0.39, 0.29) is 17.3 Å². The van der Waals surface area contributed by atoms with E-state index in [0.29, 0.717) is 6.42 Å². The third-order valence-corrected chi connectivity index (χ3v) is 6.02. The summed E-state index contributed by atoms with van der Waals surface area (Å²) in [6, 6.07) is 0. The van der Waals surface area contributed by atoms with E-state index < -0.39 is 0 Å². The van der Waals surface area contributed by atoms with Crippen molar-refractivity contribution in [3.05, 3.63) is 11.6 Å². The monoisotopic (exact) mass is 364 g/mol. The average Bonchev–Trinajstić information content (AvgIpc) is 2.59. The van der Waals surface area contributed by atoms with Gasteiger partial charge in [-0.05, 0) is 37.2 Å². The Balaban J connectivity index is 1.97. The average molecular weight is 365 g/mol. The molecule has 0 amide bonds. The van der Waals surface area contributed by atoms with Gasteiger partial charge in [0.2, 0.25) is 0 Å². The van der Waals surface area contributed by atoms with Crippen molar-refractivity contribution >= 4 is 5.78 Å². The standard InChI is InChI=1S/C24H44O2/c1-4-5-6-7-8-9-10-11-12-13-14-15-16-22(25)20-24(3)18-17-23(26)21(2)19-24/h19,22,25H,4-18,20H2,1-3H3. The molecule has 2 nitrogen and oxygen atoms in total. The third-order valence-electron chi connectivity index (χ3n) is 6.02. The summed E-state index contributed by atoms with van der Waals surface area (Å²) in [5, 5.41) is 10.4. The lowest BCUT2D eigenvalue weighted by Gasteiger charge is -2.32. The number of carbonyl (C=O) groups is 1. The number of Topliss-reactive ketones (excluding diaryl/α,β-unsaturated/α-hetero) is 1. The van der Waals surface area contributed by atoms with Crippen LogP contribution in [0.1, 0.15) is 124 Å². The molecule has 1 N–H and O–H groups in total. The van der Waals surface area contributed by atoms with Crippen LogP contribution in [0, 0.1) is 5.41 Å². The van der Waals surface area contributed by atoms with E-state index >= 15 is 0 Å². The van der Waals surface area contributed by atoms with E-state index in [1.165, 1.54) is 70.6 Å². The van der Waals surface area contributed by atoms with Crippen molar-refractivity contribution in [2.75, 3.05) is 0 Å². The first-order valence-electron chi connectivity index (χ1n) is 11.4. The quantitative estimate of drug-likeness (QED) is 0.313. The Morgan fingerprint density at radius 3 is 1.96 bits per heavy atom. The van der Waals surface area contributed by atoms with Crippen LogP contribution in [0.5, 0.6) is 0 Å². The molecule has 2 heteroatoms. The fraction of sp³-hybridized carbons (Fsp3) is 0.875. The summed E-state index contributed by atoms with van der Waals surface area (Å²) in [6.07, 6.45) is 21.4. The zero-order chi connectivity index (χ0) is 19.3. The summed E-state index contributed by atoms with van der Waals surface area (Å²) < 4.78 is 0. The Hall–Kier alpha value is -0.630. The van der Waals surface area contributed by atoms with Gasteiger partial charge in [-0.1, -0.05) is 97.0 Å². The van der Waals surface area contributed by atoms with Gasteiger partial charge in [0.1, 0.15) is 0 Å². The fourth-order valence-electron chi connectivity index (χ4n) is 4.29. The number of ketones is 1. The second kappa shape index (κ2) is 13.5. The van der Waals surface area contributed by atoms with Crippen LogP contribution in [-0.4, -0.2) is 17.0 Å². The van der Waals surface area contributed by atoms with Crippen LogP contribution in [-0.2, 0) is 4.79 Å². The third kappa shape index (κ3) is 10.5. The van der Waals surface area contributed by atoms with Crippen molar-refractivity contribution in [1.82, 2.24) is 0 Å². The minimum atomic E-state index is -0.222. The smallest absolute Gasteiger partial charge is 0.158 e. The molecule has 0 saturated heterocycles. The molecule has 0 aromatic heterocycles. The Morgan fingerprint density at radius 1 is 0.962 bits per heavy atom. The summed E-state index contributed by atoms with van der Waals surface area (Å²) in [7, 11) is 0. The van der Waals surface area contributed by atoms with Crippen molar-refractivity contribution in [3.63, 3.8) is 0 Å². The first-order valence-corrected chi connectivity index (χ1v) is 11.4. The Labute approximate surface area is 162 Å². The molecule has 0 aromatic carbocycles. The summed E-state index contributed by atoms with van der Waals surface area (Å²) in [5.74, 6) is 0.276. The summed E-state index contributed by atoms with van der Waals surface area (Å²) in [5.41, 5.74) is 0.894. The minimum Gasteiger partial charge on any atom is -0.393 e. The summed E-state index contributed by atoms with van der Waals surface area (Å²) in [4.78, 5) is 11.6. The highest BCUT2D eigenvalue weighted by Crippen LogP contribution is 2.37. The lowest BCUT2D eigenvalue weighted by atomic mass is 9.74. The molecule has 152 valence electrons. The van der Waals surface area contributed by atoms with Crippen molar-refractivity contribution in [3.8, 4) is 0 Å². The molecule has 26 heavy (non-hydrogen) atoms. The van der Waals surface area contributed by atoms with Crippen LogP contribution >= 0.6 is 0 Å². The van der Waals surface area contributed by atoms with Gasteiger partial charge in [0.05, 0.1) is 6.10 Å². The van der Waals surface area contributed by atoms with Crippen LogP contribution < -0.4 is 0 Å². The van der Waals surface area contributed by atoms with E-state index in [4.69, 9.17) is 0 Å². The van der Waals surface area contributed by atoms with Crippen LogP contribution in [0.4, 0.5) is 0 Å². The second-order valence-electron chi connectivity index (χ2n) is 8.94. The van der Waals surface area contributed by atoms with Crippen LogP contribution in [0.15, 0.2) is 11.6 Å². The van der Waals surface area contributed by atoms with Crippen LogP contribution in [0.3, 0.4) is 0 Å². The molecule has 1 aliphatic rings. The molecular weight excluding hydrogens is 320 g/mol. The highest BCUT2D eigenvalue weighted by Gasteiger charge is 2.30. The lowest BCUT2D eigenvalue weighted by Crippen LogP contribution is -2.27. The van der Waals surface area contributed by atoms with Gasteiger partial charge in [-0.3, -0.25) is 4.79 Å². The molecule has 0 spiro atoms. The van der Waals surface area contributed by atoms with Crippen molar-refractivity contribution in [1.29, 1.82) is 0 Å². The van der Waals surface area contributed by atoms with Crippen LogP contribution in [0.25, 0.3) is 0 Å². The molecule has 0 aromatic rings. The number of rotatable bonds is 15. The Bertz CT molecular complexity index is 412. The number of allylic oxidation sites excluding steroid dienone is 2. The topological polar surface area (TPSA) is 37.3 Å². The SMILES string of the molecule is CCCCCCCCCCCCCCC(O)CC1(C)C=C(C)C(=O)CC1. The molecule has 0 fully saturated rings. The molecule has 0 aliphatic heterocycles. The number of carbonyl (C=O) groups excluding carboxylic acids is 1. The Morgan fingerprint density at radius 2 is 1.46 bits per heavy atom. The first kappa shape index (κ1) is 23.4. The number of hydrogen-bond donors (Lipinski definition) is 1. The van der Waals surface area contributed by atoms with Gasteiger partial charge in [-0.15, -0.1) is 0 Å². The van der Waals surface area contributed by atoms with E-state index in [0.717, 1.165) is 31.3 Å². The maximum Gasteiger partial charge on any atom is 0.158 e. The van der Waals surface area contributed by atoms with E-state index in [1.807, 2.05) is 6.92 Å². The fourth-order valence-corrected chi connectivity index (χ4v) is 4.29. The van der Waals surface area contributed by atoms with Gasteiger partial charge in [0.15, 0.2) is 5.78 Å². The highest BCUT2D eigenvalue weighted by atomic mass is 16.3. The zero-order valence-electron chi connectivity index (χ0n) is 17.8. The summed E-state index contributed by atoms with van der Waals surface area (Å²) in [6.45, 7) is 6.38. The van der Waals surface area contributed by atoms with Gasteiger partial charge in [-0.2, -0.15) is 0 Å². The molecule has 0 bridgehead atoms. The Kier molecular flexibility index (Phi) is 12.2. The molecule has 1 aliphatic carbocycles. The predicted molar refractivity (Wildman–Crippen MR) is 112 cm³/mol. The molecule has 1 rings (SSSR count). The van der Waals surface area contributed by atoms with Gasteiger partial charge >= 0.3 is 0 Å². The maximum absolute atomic E-state index is 11.6. The van der Waals surface area contributed by atoms with E-state index in [2.05, 4.69) is 19.9 Å². The van der Waals surface area contributed by atoms with Gasteiger partial charge < -0.3 is 5.11 Å². The lowest BCUT2D eigenvalue weighted by molar-refractivity contribution is -0.116. The maximum atomic E-state index is 11.6. The van der Waals surface area contributed by atoms with Gasteiger partial charge in [-0.25, -0.2) is 0 Å².